The Kier molecular flexibility index (Phi) is 5.20. The van der Waals surface area contributed by atoms with Crippen molar-refractivity contribution in [2.24, 2.45) is 11.8 Å². The van der Waals surface area contributed by atoms with Crippen molar-refractivity contribution in [3.8, 4) is 0 Å². The van der Waals surface area contributed by atoms with Crippen molar-refractivity contribution in [2.75, 3.05) is 0 Å². The molecule has 1 aliphatic rings. The Morgan fingerprint density at radius 3 is 3.04 bits per heavy atom. The van der Waals surface area contributed by atoms with Crippen LogP contribution < -0.4 is 10.9 Å². The average molecular weight is 366 g/mol. The number of rotatable bonds is 4. The molecule has 0 bridgehead atoms. The predicted octanol–water partition coefficient (Wildman–Crippen LogP) is 3.45. The molecule has 0 aromatic carbocycles. The molecule has 3 atom stereocenters. The fourth-order valence-corrected chi connectivity index (χ4v) is 4.53. The van der Waals surface area contributed by atoms with Crippen LogP contribution in [0.15, 0.2) is 16.2 Å². The zero-order valence-corrected chi connectivity index (χ0v) is 15.6. The number of nitrogens with zero attached hydrogens (tertiary/aromatic N) is 1. The number of hydrogen-bond acceptors (Lipinski definition) is 4. The molecule has 0 aliphatic heterocycles. The molecule has 130 valence electrons. The molecular formula is C17H23N3O2S2. The number of aromatic nitrogens is 2. The van der Waals surface area contributed by atoms with Gasteiger partial charge in [-0.3, -0.25) is 14.2 Å². The monoisotopic (exact) mass is 365 g/mol. The lowest BCUT2D eigenvalue weighted by Gasteiger charge is -2.34. The lowest BCUT2D eigenvalue weighted by Crippen LogP contribution is -2.44. The minimum atomic E-state index is -0.115. The number of hydrogen-bond donors (Lipinski definition) is 2. The second-order valence-electron chi connectivity index (χ2n) is 6.74. The quantitative estimate of drug-likeness (QED) is 0.816. The van der Waals surface area contributed by atoms with Crippen molar-refractivity contribution < 1.29 is 4.79 Å². The van der Waals surface area contributed by atoms with Gasteiger partial charge in [-0.2, -0.15) is 0 Å². The molecule has 0 spiro atoms. The number of fused-ring (bicyclic) bond motifs is 1. The minimum Gasteiger partial charge on any atom is -0.353 e. The molecule has 2 N–H and O–H groups in total. The topological polar surface area (TPSA) is 66.9 Å². The maximum atomic E-state index is 12.5. The van der Waals surface area contributed by atoms with Gasteiger partial charge in [-0.25, -0.2) is 0 Å². The Hall–Kier alpha value is -1.47. The zero-order chi connectivity index (χ0) is 17.3. The molecule has 1 fully saturated rings. The molecular weight excluding hydrogens is 342 g/mol. The SMILES string of the molecule is CC1CCCC(NC(=O)CCn2c(=S)[nH]c3ccsc3c2=O)C1C. The van der Waals surface area contributed by atoms with E-state index < -0.39 is 0 Å². The maximum absolute atomic E-state index is 12.5. The highest BCUT2D eigenvalue weighted by Crippen LogP contribution is 2.29. The van der Waals surface area contributed by atoms with Crippen molar-refractivity contribution in [1.29, 1.82) is 0 Å². The third-order valence-corrected chi connectivity index (χ3v) is 6.43. The summed E-state index contributed by atoms with van der Waals surface area (Å²) in [5.41, 5.74) is 0.650. The highest BCUT2D eigenvalue weighted by Gasteiger charge is 2.27. The first-order valence-corrected chi connectivity index (χ1v) is 9.76. The third kappa shape index (κ3) is 3.47. The van der Waals surface area contributed by atoms with E-state index in [1.54, 1.807) is 0 Å². The van der Waals surface area contributed by atoms with E-state index in [-0.39, 0.29) is 23.9 Å². The summed E-state index contributed by atoms with van der Waals surface area (Å²) in [6, 6.07) is 2.09. The molecule has 3 unspecified atom stereocenters. The summed E-state index contributed by atoms with van der Waals surface area (Å²) in [7, 11) is 0. The Morgan fingerprint density at radius 1 is 1.46 bits per heavy atom. The van der Waals surface area contributed by atoms with E-state index in [2.05, 4.69) is 24.1 Å². The highest BCUT2D eigenvalue weighted by atomic mass is 32.1. The summed E-state index contributed by atoms with van der Waals surface area (Å²) in [6.45, 7) is 4.77. The molecule has 1 saturated carbocycles. The van der Waals surface area contributed by atoms with Crippen molar-refractivity contribution in [2.45, 2.75) is 52.1 Å². The van der Waals surface area contributed by atoms with E-state index in [1.165, 1.54) is 22.3 Å². The number of aromatic amines is 1. The second-order valence-corrected chi connectivity index (χ2v) is 8.04. The first-order chi connectivity index (χ1) is 11.5. The van der Waals surface area contributed by atoms with E-state index in [4.69, 9.17) is 12.2 Å². The van der Waals surface area contributed by atoms with Gasteiger partial charge < -0.3 is 10.3 Å². The summed E-state index contributed by atoms with van der Waals surface area (Å²) < 4.78 is 2.51. The van der Waals surface area contributed by atoms with Crippen LogP contribution in [-0.4, -0.2) is 21.5 Å². The van der Waals surface area contributed by atoms with Crippen LogP contribution in [0.2, 0.25) is 0 Å². The minimum absolute atomic E-state index is 0.00599. The van der Waals surface area contributed by atoms with Gasteiger partial charge in [-0.15, -0.1) is 11.3 Å². The number of carbonyl (C=O) groups excluding carboxylic acids is 1. The van der Waals surface area contributed by atoms with Crippen molar-refractivity contribution in [3.05, 3.63) is 26.6 Å². The van der Waals surface area contributed by atoms with Gasteiger partial charge in [-0.1, -0.05) is 26.7 Å². The lowest BCUT2D eigenvalue weighted by molar-refractivity contribution is -0.122. The second kappa shape index (κ2) is 7.19. The van der Waals surface area contributed by atoms with Gasteiger partial charge >= 0.3 is 0 Å². The smallest absolute Gasteiger partial charge is 0.272 e. The lowest BCUT2D eigenvalue weighted by atomic mass is 9.78. The Balaban J connectivity index is 1.66. The summed E-state index contributed by atoms with van der Waals surface area (Å²) in [4.78, 5) is 27.8. The molecule has 3 rings (SSSR count). The van der Waals surface area contributed by atoms with E-state index >= 15 is 0 Å². The summed E-state index contributed by atoms with van der Waals surface area (Å²) in [5.74, 6) is 1.13. The van der Waals surface area contributed by atoms with Gasteiger partial charge in [0.15, 0.2) is 4.77 Å². The molecule has 2 heterocycles. The van der Waals surface area contributed by atoms with Crippen molar-refractivity contribution >= 4 is 39.7 Å². The van der Waals surface area contributed by atoms with Gasteiger partial charge in [0.2, 0.25) is 5.91 Å². The van der Waals surface area contributed by atoms with Crippen LogP contribution in [0.4, 0.5) is 0 Å². The van der Waals surface area contributed by atoms with Gasteiger partial charge in [0, 0.05) is 19.0 Å². The highest BCUT2D eigenvalue weighted by molar-refractivity contribution is 7.71. The third-order valence-electron chi connectivity index (χ3n) is 5.21. The van der Waals surface area contributed by atoms with Crippen molar-refractivity contribution in [1.82, 2.24) is 14.9 Å². The van der Waals surface area contributed by atoms with Crippen LogP contribution in [-0.2, 0) is 11.3 Å². The largest absolute Gasteiger partial charge is 0.353 e. The van der Waals surface area contributed by atoms with Crippen LogP contribution in [0.1, 0.15) is 39.5 Å². The number of nitrogens with one attached hydrogen (secondary N) is 2. The number of H-pyrrole nitrogens is 1. The standard InChI is InChI=1S/C17H23N3O2S2/c1-10-4-3-5-12(11(10)2)18-14(21)6-8-20-16(22)15-13(7-9-24-15)19-17(20)23/h7,9-12H,3-6,8H2,1-2H3,(H,18,21)(H,19,23). The Labute approximate surface area is 150 Å². The molecule has 0 radical (unpaired) electrons. The average Bonchev–Trinajstić information content (AvgIpc) is 3.00. The van der Waals surface area contributed by atoms with E-state index in [0.717, 1.165) is 18.4 Å². The molecule has 2 aromatic rings. The number of carbonyl (C=O) groups is 1. The zero-order valence-electron chi connectivity index (χ0n) is 14.0. The van der Waals surface area contributed by atoms with E-state index in [1.807, 2.05) is 11.4 Å². The van der Waals surface area contributed by atoms with Crippen LogP contribution in [0, 0.1) is 16.6 Å². The van der Waals surface area contributed by atoms with Crippen molar-refractivity contribution in [3.63, 3.8) is 0 Å². The van der Waals surface area contributed by atoms with Gasteiger partial charge in [0.25, 0.3) is 5.56 Å². The fourth-order valence-electron chi connectivity index (χ4n) is 3.45. The summed E-state index contributed by atoms with van der Waals surface area (Å²) >= 11 is 6.65. The molecule has 0 saturated heterocycles. The van der Waals surface area contributed by atoms with Crippen LogP contribution >= 0.6 is 23.6 Å². The predicted molar refractivity (Wildman–Crippen MR) is 100.0 cm³/mol. The summed E-state index contributed by atoms with van der Waals surface area (Å²) in [6.07, 6.45) is 3.71. The molecule has 2 aromatic heterocycles. The molecule has 1 amide bonds. The van der Waals surface area contributed by atoms with Crippen LogP contribution in [0.5, 0.6) is 0 Å². The van der Waals surface area contributed by atoms with Gasteiger partial charge in [0.1, 0.15) is 4.70 Å². The maximum Gasteiger partial charge on any atom is 0.272 e. The normalized spacial score (nSPS) is 24.2. The van der Waals surface area contributed by atoms with Crippen LogP contribution in [0.25, 0.3) is 10.2 Å². The number of thiophene rings is 1. The van der Waals surface area contributed by atoms with Crippen LogP contribution in [0.3, 0.4) is 0 Å². The Bertz CT molecular complexity index is 851. The molecule has 5 nitrogen and oxygen atoms in total. The molecule has 1 aliphatic carbocycles. The number of amides is 1. The first-order valence-electron chi connectivity index (χ1n) is 8.47. The fraction of sp³-hybridized carbons (Fsp3) is 0.588. The molecule has 7 heteroatoms. The van der Waals surface area contributed by atoms with E-state index in [9.17, 15) is 9.59 Å². The molecule has 24 heavy (non-hydrogen) atoms. The van der Waals surface area contributed by atoms with E-state index in [0.29, 0.717) is 27.9 Å². The summed E-state index contributed by atoms with van der Waals surface area (Å²) in [5, 5.41) is 5.01. The van der Waals surface area contributed by atoms with Gasteiger partial charge in [-0.05, 0) is 41.9 Å². The van der Waals surface area contributed by atoms with Gasteiger partial charge in [0.05, 0.1) is 5.52 Å². The first kappa shape index (κ1) is 17.4. The Morgan fingerprint density at radius 2 is 2.25 bits per heavy atom.